The summed E-state index contributed by atoms with van der Waals surface area (Å²) in [5.74, 6) is 0.742. The van der Waals surface area contributed by atoms with E-state index in [-0.39, 0.29) is 11.3 Å². The number of hydrogen-bond donors (Lipinski definition) is 2. The van der Waals surface area contributed by atoms with Crippen LogP contribution in [0.2, 0.25) is 0 Å². The molecule has 8 heteroatoms. The van der Waals surface area contributed by atoms with Crippen LogP contribution in [0.15, 0.2) is 24.7 Å². The van der Waals surface area contributed by atoms with Gasteiger partial charge in [0.05, 0.1) is 17.0 Å². The molecule has 2 fully saturated rings. The Kier molecular flexibility index (Phi) is 3.62. The van der Waals surface area contributed by atoms with Crippen LogP contribution in [0, 0.1) is 5.92 Å². The molecule has 7 nitrogen and oxygen atoms in total. The van der Waals surface area contributed by atoms with Crippen LogP contribution in [0.25, 0.3) is 16.8 Å². The zero-order valence-electron chi connectivity index (χ0n) is 14.7. The average Bonchev–Trinajstić information content (AvgIpc) is 3.06. The van der Waals surface area contributed by atoms with E-state index in [1.165, 1.54) is 0 Å². The molecule has 0 saturated heterocycles. The van der Waals surface area contributed by atoms with E-state index in [0.29, 0.717) is 11.8 Å². The van der Waals surface area contributed by atoms with Crippen molar-refractivity contribution in [1.82, 2.24) is 24.1 Å². The number of imidazole rings is 1. The largest absolute Gasteiger partial charge is 0.345 e. The van der Waals surface area contributed by atoms with Crippen molar-refractivity contribution < 1.29 is 8.42 Å². The van der Waals surface area contributed by atoms with Gasteiger partial charge in [-0.05, 0) is 37.7 Å². The Bertz CT molecular complexity index is 1070. The number of aromatic nitrogens is 4. The van der Waals surface area contributed by atoms with Crippen LogP contribution in [-0.2, 0) is 10.0 Å². The van der Waals surface area contributed by atoms with Gasteiger partial charge in [0.25, 0.3) is 0 Å². The van der Waals surface area contributed by atoms with Crippen LogP contribution in [-0.4, -0.2) is 39.1 Å². The lowest BCUT2D eigenvalue weighted by Gasteiger charge is -2.17. The normalized spacial score (nSPS) is 26.9. The molecule has 3 atom stereocenters. The number of H-pyrrole nitrogens is 1. The summed E-state index contributed by atoms with van der Waals surface area (Å²) in [6.07, 6.45) is 9.96. The minimum absolute atomic E-state index is 0.0182. The lowest BCUT2D eigenvalue weighted by molar-refractivity contribution is 0.457. The van der Waals surface area contributed by atoms with E-state index in [1.807, 2.05) is 18.5 Å². The van der Waals surface area contributed by atoms with Crippen molar-refractivity contribution in [1.29, 1.82) is 0 Å². The predicted octanol–water partition coefficient (Wildman–Crippen LogP) is 2.56. The first-order valence-electron chi connectivity index (χ1n) is 9.37. The topological polar surface area (TPSA) is 92.2 Å². The highest BCUT2D eigenvalue weighted by Gasteiger charge is 2.41. The van der Waals surface area contributed by atoms with E-state index in [9.17, 15) is 8.42 Å². The third kappa shape index (κ3) is 2.54. The molecule has 26 heavy (non-hydrogen) atoms. The Balaban J connectivity index is 1.50. The molecule has 3 aromatic heterocycles. The van der Waals surface area contributed by atoms with Gasteiger partial charge in [0, 0.05) is 30.0 Å². The number of rotatable bonds is 5. The van der Waals surface area contributed by atoms with Crippen LogP contribution in [0.4, 0.5) is 0 Å². The highest BCUT2D eigenvalue weighted by molar-refractivity contribution is 7.90. The summed E-state index contributed by atoms with van der Waals surface area (Å²) < 4.78 is 29.8. The van der Waals surface area contributed by atoms with Gasteiger partial charge in [-0.25, -0.2) is 23.1 Å². The summed E-state index contributed by atoms with van der Waals surface area (Å²) in [6, 6.07) is 2.04. The third-order valence-electron chi connectivity index (χ3n) is 5.96. The van der Waals surface area contributed by atoms with E-state index in [2.05, 4.69) is 31.0 Å². The van der Waals surface area contributed by atoms with Gasteiger partial charge in [0.15, 0.2) is 11.3 Å². The summed E-state index contributed by atoms with van der Waals surface area (Å²) in [4.78, 5) is 12.1. The second kappa shape index (κ2) is 5.79. The monoisotopic (exact) mass is 373 g/mol. The number of nitrogens with one attached hydrogen (secondary N) is 2. The Morgan fingerprint density at radius 3 is 2.88 bits per heavy atom. The molecule has 0 aliphatic heterocycles. The first kappa shape index (κ1) is 16.3. The molecule has 2 aliphatic rings. The summed E-state index contributed by atoms with van der Waals surface area (Å²) in [5, 5.41) is -0.164. The minimum Gasteiger partial charge on any atom is -0.345 e. The first-order chi connectivity index (χ1) is 12.6. The van der Waals surface area contributed by atoms with Gasteiger partial charge in [-0.1, -0.05) is 13.3 Å². The molecule has 0 aromatic carbocycles. The summed E-state index contributed by atoms with van der Waals surface area (Å²) in [7, 11) is -3.15. The SMILES string of the molecule is CC[C@@H]1C[C@H](NS(=O)(=O)C2CC2)C[C@@H]1c1cnc2cnc3[nH]ccc3n12. The van der Waals surface area contributed by atoms with Gasteiger partial charge < -0.3 is 4.98 Å². The molecule has 0 amide bonds. The maximum absolute atomic E-state index is 12.3. The second-order valence-corrected chi connectivity index (χ2v) is 9.64. The molecule has 2 N–H and O–H groups in total. The van der Waals surface area contributed by atoms with Crippen LogP contribution in [0.5, 0.6) is 0 Å². The van der Waals surface area contributed by atoms with Gasteiger partial charge in [0.1, 0.15) is 0 Å². The van der Waals surface area contributed by atoms with Crippen molar-refractivity contribution in [3.05, 3.63) is 30.4 Å². The smallest absolute Gasteiger partial charge is 0.214 e. The summed E-state index contributed by atoms with van der Waals surface area (Å²) in [6.45, 7) is 2.19. The predicted molar refractivity (Wildman–Crippen MR) is 99.5 cm³/mol. The standard InChI is InChI=1S/C18H23N5O2S/c1-2-11-7-12(22-26(24,25)13-3-4-13)8-14(11)16-9-20-17-10-21-18-15(23(16)17)5-6-19-18/h5-6,9-14,19,22H,2-4,7-8H2,1H3/t11-,12+,14+/m1/s1. The molecular formula is C18H23N5O2S. The fourth-order valence-electron chi connectivity index (χ4n) is 4.50. The number of aromatic amines is 1. The van der Waals surface area contributed by atoms with Crippen molar-refractivity contribution in [3.63, 3.8) is 0 Å². The fraction of sp³-hybridized carbons (Fsp3) is 0.556. The van der Waals surface area contributed by atoms with E-state index in [4.69, 9.17) is 0 Å². The lowest BCUT2D eigenvalue weighted by atomic mass is 9.91. The highest BCUT2D eigenvalue weighted by Crippen LogP contribution is 2.43. The van der Waals surface area contributed by atoms with E-state index in [0.717, 1.165) is 54.6 Å². The molecule has 0 bridgehead atoms. The van der Waals surface area contributed by atoms with Crippen LogP contribution < -0.4 is 4.72 Å². The van der Waals surface area contributed by atoms with Crippen LogP contribution in [0.3, 0.4) is 0 Å². The molecule has 0 spiro atoms. The molecule has 2 saturated carbocycles. The zero-order chi connectivity index (χ0) is 17.9. The Hall–Kier alpha value is -1.93. The third-order valence-corrected chi connectivity index (χ3v) is 7.97. The molecule has 3 aromatic rings. The number of hydrogen-bond acceptors (Lipinski definition) is 4. The second-order valence-electron chi connectivity index (χ2n) is 7.65. The van der Waals surface area contributed by atoms with Crippen LogP contribution >= 0.6 is 0 Å². The van der Waals surface area contributed by atoms with Gasteiger partial charge >= 0.3 is 0 Å². The molecule has 138 valence electrons. The average molecular weight is 373 g/mol. The zero-order valence-corrected chi connectivity index (χ0v) is 15.5. The number of sulfonamides is 1. The Morgan fingerprint density at radius 2 is 2.12 bits per heavy atom. The number of fused-ring (bicyclic) bond motifs is 3. The summed E-state index contributed by atoms with van der Waals surface area (Å²) in [5.41, 5.74) is 3.86. The van der Waals surface area contributed by atoms with Crippen molar-refractivity contribution >= 4 is 26.8 Å². The van der Waals surface area contributed by atoms with E-state index < -0.39 is 10.0 Å². The molecule has 0 radical (unpaired) electrons. The molecule has 3 heterocycles. The van der Waals surface area contributed by atoms with Crippen molar-refractivity contribution in [2.75, 3.05) is 0 Å². The van der Waals surface area contributed by atoms with Gasteiger partial charge in [0.2, 0.25) is 10.0 Å². The van der Waals surface area contributed by atoms with E-state index >= 15 is 0 Å². The Morgan fingerprint density at radius 1 is 1.27 bits per heavy atom. The molecule has 0 unspecified atom stereocenters. The van der Waals surface area contributed by atoms with Crippen molar-refractivity contribution in [2.24, 2.45) is 5.92 Å². The van der Waals surface area contributed by atoms with Gasteiger partial charge in [-0.2, -0.15) is 0 Å². The number of nitrogens with zero attached hydrogens (tertiary/aromatic N) is 3. The Labute approximate surface area is 152 Å². The molecule has 5 rings (SSSR count). The fourth-order valence-corrected chi connectivity index (χ4v) is 6.10. The maximum atomic E-state index is 12.3. The quantitative estimate of drug-likeness (QED) is 0.719. The van der Waals surface area contributed by atoms with Crippen LogP contribution in [0.1, 0.15) is 50.6 Å². The molecule has 2 aliphatic carbocycles. The molecular weight excluding hydrogens is 350 g/mol. The van der Waals surface area contributed by atoms with Gasteiger partial charge in [-0.3, -0.25) is 4.40 Å². The first-order valence-corrected chi connectivity index (χ1v) is 10.9. The van der Waals surface area contributed by atoms with Crippen molar-refractivity contribution in [2.45, 2.75) is 56.2 Å². The minimum atomic E-state index is -3.15. The van der Waals surface area contributed by atoms with Gasteiger partial charge in [-0.15, -0.1) is 0 Å². The summed E-state index contributed by atoms with van der Waals surface area (Å²) >= 11 is 0. The highest BCUT2D eigenvalue weighted by atomic mass is 32.2. The lowest BCUT2D eigenvalue weighted by Crippen LogP contribution is -2.35. The van der Waals surface area contributed by atoms with Crippen molar-refractivity contribution in [3.8, 4) is 0 Å². The van der Waals surface area contributed by atoms with E-state index in [1.54, 1.807) is 6.20 Å². The maximum Gasteiger partial charge on any atom is 0.214 e.